The molecular formula is C37H44N4. The zero-order chi connectivity index (χ0) is 29.1. The van der Waals surface area contributed by atoms with Gasteiger partial charge >= 0.3 is 0 Å². The van der Waals surface area contributed by atoms with Crippen molar-refractivity contribution in [3.05, 3.63) is 82.4 Å². The molecule has 3 rings (SSSR count). The van der Waals surface area contributed by atoms with Gasteiger partial charge in [-0.05, 0) is 35.4 Å². The van der Waals surface area contributed by atoms with Gasteiger partial charge in [-0.3, -0.25) is 0 Å². The molecule has 212 valence electrons. The lowest BCUT2D eigenvalue weighted by Crippen LogP contribution is -2.26. The average molecular weight is 545 g/mol. The average Bonchev–Trinajstić information content (AvgIpc) is 3.01. The lowest BCUT2D eigenvalue weighted by atomic mass is 10.0. The van der Waals surface area contributed by atoms with E-state index in [9.17, 15) is 5.26 Å². The number of para-hydroxylation sites is 1. The second-order valence-electron chi connectivity index (χ2n) is 10.9. The molecule has 0 spiro atoms. The molecule has 1 aliphatic rings. The molecule has 0 aliphatic carbocycles. The summed E-state index contributed by atoms with van der Waals surface area (Å²) in [5.41, 5.74) is 3.98. The van der Waals surface area contributed by atoms with E-state index in [0.29, 0.717) is 10.8 Å². The van der Waals surface area contributed by atoms with Gasteiger partial charge in [0.15, 0.2) is 0 Å². The van der Waals surface area contributed by atoms with Crippen molar-refractivity contribution in [3.63, 3.8) is 0 Å². The van der Waals surface area contributed by atoms with Crippen molar-refractivity contribution in [1.82, 2.24) is 0 Å². The molecule has 0 fully saturated rings. The van der Waals surface area contributed by atoms with Crippen molar-refractivity contribution in [2.24, 2.45) is 0 Å². The molecule has 41 heavy (non-hydrogen) atoms. The molecule has 1 heterocycles. The summed E-state index contributed by atoms with van der Waals surface area (Å²) in [4.78, 5) is 2.33. The normalized spacial score (nSPS) is 12.8. The fourth-order valence-corrected chi connectivity index (χ4v) is 5.42. The van der Waals surface area contributed by atoms with Crippen LogP contribution in [0.3, 0.4) is 0 Å². The molecule has 0 bridgehead atoms. The lowest BCUT2D eigenvalue weighted by Gasteiger charge is -2.30. The monoisotopic (exact) mass is 544 g/mol. The van der Waals surface area contributed by atoms with Gasteiger partial charge in [0.05, 0.1) is 11.6 Å². The topological polar surface area (TPSA) is 74.6 Å². The van der Waals surface area contributed by atoms with Crippen LogP contribution < -0.4 is 15.3 Å². The minimum absolute atomic E-state index is 0.0691. The fraction of sp³-hybridized carbons (Fsp3) is 0.432. The van der Waals surface area contributed by atoms with Gasteiger partial charge in [-0.15, -0.1) is 0 Å². The Kier molecular flexibility index (Phi) is 14.0. The molecule has 2 aromatic rings. The van der Waals surface area contributed by atoms with Crippen LogP contribution in [0.2, 0.25) is 0 Å². The predicted octanol–water partition coefficient (Wildman–Crippen LogP) is 8.46. The number of anilines is 1. The van der Waals surface area contributed by atoms with Gasteiger partial charge in [0.1, 0.15) is 17.7 Å². The molecule has 0 saturated heterocycles. The summed E-state index contributed by atoms with van der Waals surface area (Å²) >= 11 is 0. The standard InChI is InChI=1S/C37H44N4/c1-2-3-4-5-6-7-8-9-10-11-12-13-14-17-26-41-36(25-24-33-18-15-16-19-37(33)41)27-34(28-38)31-20-22-32(23-21-31)35(29-39)30-40/h15-16,18-25,27H,2-14,17,26H2,1H3/b36-27+. The van der Waals surface area contributed by atoms with Crippen LogP contribution in [0.1, 0.15) is 102 Å². The highest BCUT2D eigenvalue weighted by Crippen LogP contribution is 2.31. The van der Waals surface area contributed by atoms with E-state index >= 15 is 0 Å². The van der Waals surface area contributed by atoms with Crippen molar-refractivity contribution in [2.45, 2.75) is 96.8 Å². The van der Waals surface area contributed by atoms with Gasteiger partial charge in [-0.1, -0.05) is 139 Å². The molecule has 0 aromatic heterocycles. The van der Waals surface area contributed by atoms with E-state index in [2.05, 4.69) is 54.3 Å². The Hall–Kier alpha value is -4.07. The van der Waals surface area contributed by atoms with Gasteiger partial charge in [0.25, 0.3) is 0 Å². The van der Waals surface area contributed by atoms with Crippen molar-refractivity contribution in [1.29, 1.82) is 15.8 Å². The first-order valence-electron chi connectivity index (χ1n) is 15.5. The van der Waals surface area contributed by atoms with Gasteiger partial charge in [-0.2, -0.15) is 15.8 Å². The highest BCUT2D eigenvalue weighted by molar-refractivity contribution is 5.80. The Morgan fingerprint density at radius 2 is 1.17 bits per heavy atom. The summed E-state index contributed by atoms with van der Waals surface area (Å²) in [5.74, 6) is 0. The largest absolute Gasteiger partial charge is 0.341 e. The number of nitrogens with zero attached hydrogens (tertiary/aromatic N) is 4. The fourth-order valence-electron chi connectivity index (χ4n) is 5.42. The molecular weight excluding hydrogens is 500 g/mol. The second-order valence-corrected chi connectivity index (χ2v) is 10.9. The Labute approximate surface area is 247 Å². The third kappa shape index (κ3) is 10.1. The van der Waals surface area contributed by atoms with Crippen LogP contribution in [0, 0.1) is 34.0 Å². The highest BCUT2D eigenvalue weighted by atomic mass is 15.1. The minimum atomic E-state index is 0.0691. The van der Waals surface area contributed by atoms with Crippen molar-refractivity contribution >= 4 is 22.9 Å². The Balaban J connectivity index is 1.56. The van der Waals surface area contributed by atoms with Crippen molar-refractivity contribution < 1.29 is 0 Å². The van der Waals surface area contributed by atoms with Crippen LogP contribution in [0.5, 0.6) is 0 Å². The summed E-state index contributed by atoms with van der Waals surface area (Å²) in [5, 5.41) is 29.6. The molecule has 1 aliphatic heterocycles. The number of rotatable bonds is 16. The summed E-state index contributed by atoms with van der Waals surface area (Å²) in [6.07, 6.45) is 24.9. The van der Waals surface area contributed by atoms with Crippen LogP contribution >= 0.6 is 0 Å². The van der Waals surface area contributed by atoms with E-state index < -0.39 is 0 Å². The first kappa shape index (κ1) is 31.5. The maximum atomic E-state index is 9.99. The summed E-state index contributed by atoms with van der Waals surface area (Å²) in [7, 11) is 0. The Morgan fingerprint density at radius 1 is 0.634 bits per heavy atom. The zero-order valence-corrected chi connectivity index (χ0v) is 24.7. The minimum Gasteiger partial charge on any atom is -0.341 e. The number of nitriles is 3. The second kappa shape index (κ2) is 18.3. The number of unbranched alkanes of at least 4 members (excludes halogenated alkanes) is 13. The number of hydrogen-bond acceptors (Lipinski definition) is 4. The summed E-state index contributed by atoms with van der Waals surface area (Å²) in [6, 6.07) is 21.7. The van der Waals surface area contributed by atoms with Crippen molar-refractivity contribution in [2.75, 3.05) is 11.4 Å². The maximum Gasteiger partial charge on any atom is 0.136 e. The van der Waals surface area contributed by atoms with Gasteiger partial charge in [0, 0.05) is 23.1 Å². The summed E-state index contributed by atoms with van der Waals surface area (Å²) in [6.45, 7) is 3.18. The Morgan fingerprint density at radius 3 is 1.73 bits per heavy atom. The van der Waals surface area contributed by atoms with E-state index in [1.165, 1.54) is 94.7 Å². The smallest absolute Gasteiger partial charge is 0.136 e. The Bertz CT molecular complexity index is 1390. The molecule has 2 aromatic carbocycles. The first-order chi connectivity index (χ1) is 20.2. The van der Waals surface area contributed by atoms with Crippen LogP contribution in [0.15, 0.2) is 66.4 Å². The quantitative estimate of drug-likeness (QED) is 0.199. The number of fused-ring (bicyclic) bond motifs is 1. The third-order valence-electron chi connectivity index (χ3n) is 7.83. The van der Waals surface area contributed by atoms with E-state index in [1.54, 1.807) is 24.3 Å². The predicted molar refractivity (Wildman–Crippen MR) is 171 cm³/mol. The van der Waals surface area contributed by atoms with Gasteiger partial charge in [0.2, 0.25) is 0 Å². The molecule has 0 radical (unpaired) electrons. The van der Waals surface area contributed by atoms with Crippen LogP contribution in [0.4, 0.5) is 5.69 Å². The van der Waals surface area contributed by atoms with E-state index in [1.807, 2.05) is 18.2 Å². The number of benzene rings is 2. The SMILES string of the molecule is CCCCCCCCCCCCCCCCN1/C(=C/C(C#N)=c2ccc(=C(C#N)C#N)cc2)C=Cc2ccccc21. The third-order valence-corrected chi connectivity index (χ3v) is 7.83. The van der Waals surface area contributed by atoms with E-state index in [-0.39, 0.29) is 5.57 Å². The molecule has 0 atom stereocenters. The van der Waals surface area contributed by atoms with E-state index in [4.69, 9.17) is 10.5 Å². The molecule has 0 unspecified atom stereocenters. The first-order valence-corrected chi connectivity index (χ1v) is 15.5. The van der Waals surface area contributed by atoms with E-state index in [0.717, 1.165) is 23.9 Å². The zero-order valence-electron chi connectivity index (χ0n) is 24.7. The lowest BCUT2D eigenvalue weighted by molar-refractivity contribution is 0.536. The maximum absolute atomic E-state index is 9.99. The highest BCUT2D eigenvalue weighted by Gasteiger charge is 2.17. The van der Waals surface area contributed by atoms with Gasteiger partial charge in [-0.25, -0.2) is 0 Å². The number of hydrogen-bond donors (Lipinski definition) is 0. The van der Waals surface area contributed by atoms with Crippen LogP contribution in [-0.4, -0.2) is 6.54 Å². The number of allylic oxidation sites excluding steroid dienone is 2. The molecule has 0 saturated carbocycles. The van der Waals surface area contributed by atoms with Gasteiger partial charge < -0.3 is 4.90 Å². The van der Waals surface area contributed by atoms with Crippen molar-refractivity contribution in [3.8, 4) is 18.2 Å². The van der Waals surface area contributed by atoms with Crippen LogP contribution in [0.25, 0.3) is 17.2 Å². The molecule has 4 nitrogen and oxygen atoms in total. The summed E-state index contributed by atoms with van der Waals surface area (Å²) < 4.78 is 0. The molecule has 4 heteroatoms. The molecule has 0 N–H and O–H groups in total. The molecule has 0 amide bonds. The van der Waals surface area contributed by atoms with Crippen LogP contribution in [-0.2, 0) is 0 Å².